The molecule has 0 radical (unpaired) electrons. The van der Waals surface area contributed by atoms with Gasteiger partial charge in [0.1, 0.15) is 0 Å². The molecule has 3 N–H and O–H groups in total. The highest BCUT2D eigenvalue weighted by molar-refractivity contribution is 5.76. The number of nitrogens with one attached hydrogen (secondary N) is 1. The molecule has 0 aromatic rings. The number of hydrogen-bond acceptors (Lipinski definition) is 5. The summed E-state index contributed by atoms with van der Waals surface area (Å²) in [4.78, 5) is 24.4. The quantitative estimate of drug-likeness (QED) is 0.0247. The Kier molecular flexibility index (Phi) is 44.7. The Morgan fingerprint density at radius 3 is 1.37 bits per heavy atom. The molecule has 57 heavy (non-hydrogen) atoms. The lowest BCUT2D eigenvalue weighted by Crippen LogP contribution is -2.45. The van der Waals surface area contributed by atoms with Gasteiger partial charge in [-0.05, 0) is 89.9 Å². The summed E-state index contributed by atoms with van der Waals surface area (Å²) < 4.78 is 5.42. The van der Waals surface area contributed by atoms with Crippen molar-refractivity contribution in [2.75, 3.05) is 13.2 Å². The lowest BCUT2D eigenvalue weighted by atomic mass is 10.1. The fourth-order valence-corrected chi connectivity index (χ4v) is 7.03. The predicted molar refractivity (Wildman–Crippen MR) is 245 cm³/mol. The van der Waals surface area contributed by atoms with Gasteiger partial charge < -0.3 is 20.3 Å². The van der Waals surface area contributed by atoms with E-state index in [4.69, 9.17) is 4.74 Å². The van der Waals surface area contributed by atoms with Crippen LogP contribution in [0.1, 0.15) is 239 Å². The van der Waals surface area contributed by atoms with Crippen LogP contribution in [0.3, 0.4) is 0 Å². The van der Waals surface area contributed by atoms with Crippen LogP contribution in [0.25, 0.3) is 0 Å². The van der Waals surface area contributed by atoms with Crippen molar-refractivity contribution < 1.29 is 24.5 Å². The highest BCUT2D eigenvalue weighted by Gasteiger charge is 2.18. The number of aliphatic hydroxyl groups excluding tert-OH is 2. The maximum atomic E-state index is 12.4. The van der Waals surface area contributed by atoms with E-state index in [2.05, 4.69) is 55.6 Å². The molecule has 0 aromatic heterocycles. The third-order valence-electron chi connectivity index (χ3n) is 10.8. The number of carbonyl (C=O) groups excluding carboxylic acids is 2. The Hall–Kier alpha value is -2.18. The minimum atomic E-state index is -0.858. The average Bonchev–Trinajstić information content (AvgIpc) is 3.21. The number of ether oxygens (including phenoxy) is 1. The molecule has 0 bridgehead atoms. The van der Waals surface area contributed by atoms with Gasteiger partial charge >= 0.3 is 5.97 Å². The largest absolute Gasteiger partial charge is 0.466 e. The smallest absolute Gasteiger partial charge is 0.305 e. The fraction of sp³-hybridized carbons (Fsp3) is 0.804. The van der Waals surface area contributed by atoms with Crippen molar-refractivity contribution in [1.29, 1.82) is 0 Å². The Bertz CT molecular complexity index is 973. The van der Waals surface area contributed by atoms with Crippen LogP contribution in [0.15, 0.2) is 48.6 Å². The highest BCUT2D eigenvalue weighted by Crippen LogP contribution is 2.13. The van der Waals surface area contributed by atoms with E-state index in [0.29, 0.717) is 19.4 Å². The van der Waals surface area contributed by atoms with Gasteiger partial charge in [0.2, 0.25) is 5.91 Å². The van der Waals surface area contributed by atoms with E-state index in [9.17, 15) is 19.8 Å². The second-order valence-electron chi connectivity index (χ2n) is 16.5. The van der Waals surface area contributed by atoms with Crippen LogP contribution in [0.5, 0.6) is 0 Å². The van der Waals surface area contributed by atoms with Gasteiger partial charge in [0, 0.05) is 12.8 Å². The molecule has 0 saturated heterocycles. The number of unbranched alkanes of at least 4 members (excludes halogenated alkanes) is 28. The van der Waals surface area contributed by atoms with Crippen molar-refractivity contribution in [3.05, 3.63) is 48.6 Å². The SMILES string of the molecule is CCCCCC/C=C\CCCCCCCC(=O)OCCCCC/C=C\C=C/CCCCCCCCC(=O)NC(CO)C(O)/C=C/CCCCCCCCCCCC. The lowest BCUT2D eigenvalue weighted by Gasteiger charge is -2.20. The zero-order valence-electron chi connectivity index (χ0n) is 37.6. The van der Waals surface area contributed by atoms with Gasteiger partial charge in [-0.2, -0.15) is 0 Å². The summed E-state index contributed by atoms with van der Waals surface area (Å²) in [7, 11) is 0. The molecular formula is C51H93NO5. The van der Waals surface area contributed by atoms with E-state index in [1.54, 1.807) is 6.08 Å². The number of aliphatic hydroxyl groups is 2. The Labute approximate surface area is 353 Å². The van der Waals surface area contributed by atoms with Crippen LogP contribution in [-0.2, 0) is 14.3 Å². The fourth-order valence-electron chi connectivity index (χ4n) is 7.03. The first-order valence-corrected chi connectivity index (χ1v) is 24.4. The summed E-state index contributed by atoms with van der Waals surface area (Å²) in [5.41, 5.74) is 0. The molecule has 0 aliphatic rings. The average molecular weight is 800 g/mol. The Balaban J connectivity index is 3.57. The van der Waals surface area contributed by atoms with Gasteiger partial charge in [-0.1, -0.05) is 184 Å². The third-order valence-corrected chi connectivity index (χ3v) is 10.8. The zero-order valence-corrected chi connectivity index (χ0v) is 37.6. The number of esters is 1. The summed E-state index contributed by atoms with van der Waals surface area (Å²) in [6.45, 7) is 4.80. The minimum absolute atomic E-state index is 0.0334. The Morgan fingerprint density at radius 2 is 0.877 bits per heavy atom. The molecule has 0 aromatic carbocycles. The lowest BCUT2D eigenvalue weighted by molar-refractivity contribution is -0.143. The number of carbonyl (C=O) groups is 2. The summed E-state index contributed by atoms with van der Waals surface area (Å²) >= 11 is 0. The molecule has 2 unspecified atom stereocenters. The van der Waals surface area contributed by atoms with Crippen LogP contribution in [0.4, 0.5) is 0 Å². The maximum absolute atomic E-state index is 12.4. The molecule has 332 valence electrons. The molecule has 0 aliphatic heterocycles. The molecule has 0 heterocycles. The summed E-state index contributed by atoms with van der Waals surface area (Å²) in [6, 6.07) is -0.644. The molecule has 2 atom stereocenters. The van der Waals surface area contributed by atoms with Gasteiger partial charge in [-0.25, -0.2) is 0 Å². The van der Waals surface area contributed by atoms with Crippen molar-refractivity contribution >= 4 is 11.9 Å². The summed E-state index contributed by atoms with van der Waals surface area (Å²) in [5, 5.41) is 23.0. The Morgan fingerprint density at radius 1 is 0.491 bits per heavy atom. The monoisotopic (exact) mass is 800 g/mol. The van der Waals surface area contributed by atoms with Crippen LogP contribution in [0, 0.1) is 0 Å². The minimum Gasteiger partial charge on any atom is -0.466 e. The third kappa shape index (κ3) is 43.2. The highest BCUT2D eigenvalue weighted by atomic mass is 16.5. The van der Waals surface area contributed by atoms with E-state index in [1.807, 2.05) is 6.08 Å². The number of hydrogen-bond donors (Lipinski definition) is 3. The first kappa shape index (κ1) is 54.8. The van der Waals surface area contributed by atoms with Crippen LogP contribution in [0.2, 0.25) is 0 Å². The molecule has 0 saturated carbocycles. The van der Waals surface area contributed by atoms with E-state index in [0.717, 1.165) is 77.0 Å². The van der Waals surface area contributed by atoms with Gasteiger partial charge in [-0.3, -0.25) is 9.59 Å². The molecule has 6 heteroatoms. The predicted octanol–water partition coefficient (Wildman–Crippen LogP) is 14.3. The van der Waals surface area contributed by atoms with Crippen molar-refractivity contribution in [2.45, 2.75) is 251 Å². The zero-order chi connectivity index (χ0) is 41.5. The molecule has 0 spiro atoms. The van der Waals surface area contributed by atoms with Crippen molar-refractivity contribution in [3.63, 3.8) is 0 Å². The molecule has 0 rings (SSSR count). The number of amides is 1. The molecular weight excluding hydrogens is 707 g/mol. The van der Waals surface area contributed by atoms with Crippen molar-refractivity contribution in [3.8, 4) is 0 Å². The van der Waals surface area contributed by atoms with E-state index in [1.165, 1.54) is 135 Å². The maximum Gasteiger partial charge on any atom is 0.305 e. The first-order chi connectivity index (χ1) is 28.0. The van der Waals surface area contributed by atoms with Gasteiger partial charge in [0.05, 0.1) is 25.4 Å². The number of allylic oxidation sites excluding steroid dienone is 7. The van der Waals surface area contributed by atoms with Crippen LogP contribution < -0.4 is 5.32 Å². The van der Waals surface area contributed by atoms with Crippen LogP contribution in [-0.4, -0.2) is 47.4 Å². The van der Waals surface area contributed by atoms with Crippen LogP contribution >= 0.6 is 0 Å². The van der Waals surface area contributed by atoms with E-state index in [-0.39, 0.29) is 18.5 Å². The summed E-state index contributed by atoms with van der Waals surface area (Å²) in [6.07, 6.45) is 56.7. The van der Waals surface area contributed by atoms with Crippen molar-refractivity contribution in [2.24, 2.45) is 0 Å². The summed E-state index contributed by atoms with van der Waals surface area (Å²) in [5.74, 6) is -0.127. The molecule has 0 aliphatic carbocycles. The topological polar surface area (TPSA) is 95.9 Å². The van der Waals surface area contributed by atoms with Gasteiger partial charge in [-0.15, -0.1) is 0 Å². The van der Waals surface area contributed by atoms with Gasteiger partial charge in [0.25, 0.3) is 0 Å². The van der Waals surface area contributed by atoms with E-state index >= 15 is 0 Å². The van der Waals surface area contributed by atoms with Crippen molar-refractivity contribution in [1.82, 2.24) is 5.32 Å². The first-order valence-electron chi connectivity index (χ1n) is 24.4. The normalized spacial score (nSPS) is 13.1. The standard InChI is InChI=1S/C51H93NO5/c1-3-5-7-9-11-13-15-20-25-29-33-37-41-45-51(56)57-46-42-38-34-30-26-22-19-17-18-21-24-28-32-36-40-44-50(55)52-48(47-53)49(54)43-39-35-31-27-23-16-14-12-10-8-6-4-2/h13,15,17,19,22,26,39,43,48-49,53-54H,3-12,14,16,18,20-21,23-25,27-38,40-42,44-47H2,1-2H3,(H,52,55)/b15-13-,19-17-,26-22-,43-39+. The number of rotatable bonds is 44. The second-order valence-corrected chi connectivity index (χ2v) is 16.5. The molecule has 1 amide bonds. The molecule has 6 nitrogen and oxygen atoms in total. The molecule has 0 fully saturated rings. The second kappa shape index (κ2) is 46.5. The van der Waals surface area contributed by atoms with Gasteiger partial charge in [0.15, 0.2) is 0 Å². The van der Waals surface area contributed by atoms with E-state index < -0.39 is 12.1 Å².